The fourth-order valence-corrected chi connectivity index (χ4v) is 3.80. The molecule has 3 aliphatic rings. The van der Waals surface area contributed by atoms with Gasteiger partial charge in [-0.1, -0.05) is 0 Å². The van der Waals surface area contributed by atoms with Crippen LogP contribution < -0.4 is 5.32 Å². The molecule has 3 rings (SSSR count). The second-order valence-electron chi connectivity index (χ2n) is 5.95. The molecule has 2 aliphatic heterocycles. The molecule has 4 atom stereocenters. The molecule has 0 radical (unpaired) electrons. The van der Waals surface area contributed by atoms with Crippen LogP contribution in [-0.4, -0.2) is 59.9 Å². The molecular formula is C13H22N2O3. The van der Waals surface area contributed by atoms with Crippen LogP contribution in [0.4, 0.5) is 0 Å². The van der Waals surface area contributed by atoms with E-state index < -0.39 is 11.5 Å². The average Bonchev–Trinajstić information content (AvgIpc) is 2.94. The van der Waals surface area contributed by atoms with Gasteiger partial charge in [0.2, 0.25) is 0 Å². The zero-order valence-corrected chi connectivity index (χ0v) is 10.9. The Hall–Kier alpha value is -0.650. The normalized spacial score (nSPS) is 44.4. The van der Waals surface area contributed by atoms with E-state index in [1.54, 1.807) is 7.05 Å². The third-order valence-electron chi connectivity index (χ3n) is 4.96. The van der Waals surface area contributed by atoms with Crippen LogP contribution in [0.25, 0.3) is 0 Å². The summed E-state index contributed by atoms with van der Waals surface area (Å²) < 4.78 is 5.84. The van der Waals surface area contributed by atoms with Gasteiger partial charge in [0.15, 0.2) is 0 Å². The van der Waals surface area contributed by atoms with Crippen molar-refractivity contribution in [3.05, 3.63) is 0 Å². The number of carboxylic acid groups (broad SMARTS) is 1. The molecule has 0 spiro atoms. The van der Waals surface area contributed by atoms with Crippen molar-refractivity contribution in [2.45, 2.75) is 55.9 Å². The molecule has 4 unspecified atom stereocenters. The smallest absolute Gasteiger partial charge is 0.323 e. The van der Waals surface area contributed by atoms with E-state index in [1.165, 1.54) is 12.8 Å². The van der Waals surface area contributed by atoms with E-state index in [1.807, 2.05) is 0 Å². The van der Waals surface area contributed by atoms with Crippen LogP contribution in [0.2, 0.25) is 0 Å². The molecule has 0 amide bonds. The molecule has 102 valence electrons. The second kappa shape index (κ2) is 4.47. The number of hydrogen-bond donors (Lipinski definition) is 2. The summed E-state index contributed by atoms with van der Waals surface area (Å²) in [5.74, 6) is -0.705. The molecular weight excluding hydrogens is 232 g/mol. The van der Waals surface area contributed by atoms with Crippen LogP contribution in [0, 0.1) is 0 Å². The molecule has 18 heavy (non-hydrogen) atoms. The number of likely N-dealkylation sites (N-methyl/N-ethyl adjacent to an activating group) is 1. The van der Waals surface area contributed by atoms with E-state index in [0.29, 0.717) is 18.2 Å². The van der Waals surface area contributed by atoms with Crippen molar-refractivity contribution in [1.82, 2.24) is 10.2 Å². The molecule has 1 saturated carbocycles. The zero-order valence-electron chi connectivity index (χ0n) is 10.9. The fourth-order valence-electron chi connectivity index (χ4n) is 3.80. The quantitative estimate of drug-likeness (QED) is 0.765. The number of nitrogens with zero attached hydrogens (tertiary/aromatic N) is 1. The maximum Gasteiger partial charge on any atom is 0.323 e. The van der Waals surface area contributed by atoms with Gasteiger partial charge in [-0.15, -0.1) is 0 Å². The highest BCUT2D eigenvalue weighted by atomic mass is 16.5. The van der Waals surface area contributed by atoms with Gasteiger partial charge in [-0.05, 0) is 39.2 Å². The van der Waals surface area contributed by atoms with Gasteiger partial charge in [-0.3, -0.25) is 9.69 Å². The number of aliphatic carboxylic acids is 1. The van der Waals surface area contributed by atoms with Crippen LogP contribution in [-0.2, 0) is 9.53 Å². The van der Waals surface area contributed by atoms with Gasteiger partial charge in [-0.25, -0.2) is 0 Å². The Morgan fingerprint density at radius 1 is 1.33 bits per heavy atom. The third-order valence-corrected chi connectivity index (χ3v) is 4.96. The number of morpholine rings is 1. The number of hydrogen-bond acceptors (Lipinski definition) is 4. The van der Waals surface area contributed by atoms with Crippen molar-refractivity contribution in [3.63, 3.8) is 0 Å². The lowest BCUT2D eigenvalue weighted by Crippen LogP contribution is -2.51. The predicted octanol–water partition coefficient (Wildman–Crippen LogP) is 0.445. The lowest BCUT2D eigenvalue weighted by atomic mass is 9.97. The Bertz CT molecular complexity index is 337. The number of carbonyl (C=O) groups is 1. The van der Waals surface area contributed by atoms with Gasteiger partial charge in [0.1, 0.15) is 5.54 Å². The highest BCUT2D eigenvalue weighted by Crippen LogP contribution is 2.36. The number of carboxylic acids is 1. The monoisotopic (exact) mass is 254 g/mol. The highest BCUT2D eigenvalue weighted by Gasteiger charge is 2.47. The van der Waals surface area contributed by atoms with Crippen molar-refractivity contribution in [3.8, 4) is 0 Å². The number of nitrogens with one attached hydrogen (secondary N) is 1. The summed E-state index contributed by atoms with van der Waals surface area (Å²) in [6.07, 6.45) is 5.55. The Balaban J connectivity index is 1.67. The summed E-state index contributed by atoms with van der Waals surface area (Å²) in [5, 5.41) is 12.4. The number of ether oxygens (including phenoxy) is 1. The summed E-state index contributed by atoms with van der Waals surface area (Å²) in [6.45, 7) is 1.97. The first-order valence-electron chi connectivity index (χ1n) is 6.95. The van der Waals surface area contributed by atoms with E-state index in [9.17, 15) is 9.90 Å². The predicted molar refractivity (Wildman–Crippen MR) is 66.5 cm³/mol. The highest BCUT2D eigenvalue weighted by molar-refractivity contribution is 5.79. The molecule has 5 heteroatoms. The topological polar surface area (TPSA) is 61.8 Å². The van der Waals surface area contributed by atoms with Gasteiger partial charge in [0.05, 0.1) is 12.2 Å². The number of rotatable bonds is 3. The SMILES string of the molecule is CNC1(C(=O)O)CCC(N2CC3CCC(C2)O3)C1. The van der Waals surface area contributed by atoms with E-state index >= 15 is 0 Å². The zero-order chi connectivity index (χ0) is 12.8. The Morgan fingerprint density at radius 3 is 2.50 bits per heavy atom. The number of likely N-dealkylation sites (tertiary alicyclic amines) is 1. The van der Waals surface area contributed by atoms with Crippen molar-refractivity contribution < 1.29 is 14.6 Å². The summed E-state index contributed by atoms with van der Waals surface area (Å²) in [5.41, 5.74) is -0.706. The Labute approximate surface area is 107 Å². The minimum atomic E-state index is -0.706. The van der Waals surface area contributed by atoms with Gasteiger partial charge < -0.3 is 15.2 Å². The molecule has 0 aromatic heterocycles. The van der Waals surface area contributed by atoms with Crippen molar-refractivity contribution in [2.75, 3.05) is 20.1 Å². The summed E-state index contributed by atoms with van der Waals surface area (Å²) >= 11 is 0. The minimum absolute atomic E-state index is 0.387. The average molecular weight is 254 g/mol. The molecule has 2 bridgehead atoms. The van der Waals surface area contributed by atoms with E-state index in [2.05, 4.69) is 10.2 Å². The van der Waals surface area contributed by atoms with E-state index in [4.69, 9.17) is 4.74 Å². The van der Waals surface area contributed by atoms with Gasteiger partial charge in [0, 0.05) is 19.1 Å². The first-order chi connectivity index (χ1) is 8.63. The Morgan fingerprint density at radius 2 is 2.00 bits per heavy atom. The summed E-state index contributed by atoms with van der Waals surface area (Å²) in [7, 11) is 1.76. The minimum Gasteiger partial charge on any atom is -0.480 e. The van der Waals surface area contributed by atoms with Crippen LogP contribution in [0.15, 0.2) is 0 Å². The van der Waals surface area contributed by atoms with Crippen LogP contribution in [0.1, 0.15) is 32.1 Å². The summed E-state index contributed by atoms with van der Waals surface area (Å²) in [6, 6.07) is 0.403. The number of fused-ring (bicyclic) bond motifs is 2. The van der Waals surface area contributed by atoms with Crippen molar-refractivity contribution >= 4 is 5.97 Å². The molecule has 2 saturated heterocycles. The van der Waals surface area contributed by atoms with Gasteiger partial charge in [-0.2, -0.15) is 0 Å². The van der Waals surface area contributed by atoms with E-state index in [-0.39, 0.29) is 0 Å². The second-order valence-corrected chi connectivity index (χ2v) is 5.95. The van der Waals surface area contributed by atoms with Crippen LogP contribution in [0.5, 0.6) is 0 Å². The van der Waals surface area contributed by atoms with E-state index in [0.717, 1.165) is 32.4 Å². The lowest BCUT2D eigenvalue weighted by molar-refractivity contribution is -0.144. The van der Waals surface area contributed by atoms with Crippen LogP contribution >= 0.6 is 0 Å². The molecule has 3 fully saturated rings. The largest absolute Gasteiger partial charge is 0.480 e. The van der Waals surface area contributed by atoms with Crippen molar-refractivity contribution in [2.24, 2.45) is 0 Å². The maximum atomic E-state index is 11.4. The molecule has 1 aliphatic carbocycles. The molecule has 0 aromatic rings. The fraction of sp³-hybridized carbons (Fsp3) is 0.923. The molecule has 5 nitrogen and oxygen atoms in total. The molecule has 2 N–H and O–H groups in total. The molecule has 2 heterocycles. The first-order valence-corrected chi connectivity index (χ1v) is 6.95. The van der Waals surface area contributed by atoms with Crippen molar-refractivity contribution in [1.29, 1.82) is 0 Å². The van der Waals surface area contributed by atoms with Gasteiger partial charge >= 0.3 is 5.97 Å². The van der Waals surface area contributed by atoms with Crippen LogP contribution in [0.3, 0.4) is 0 Å². The maximum absolute atomic E-state index is 11.4. The lowest BCUT2D eigenvalue weighted by Gasteiger charge is -2.37. The first kappa shape index (κ1) is 12.4. The summed E-state index contributed by atoms with van der Waals surface area (Å²) in [4.78, 5) is 13.9. The third kappa shape index (κ3) is 1.94. The Kier molecular flexibility index (Phi) is 3.08. The molecule has 0 aromatic carbocycles. The van der Waals surface area contributed by atoms with Gasteiger partial charge in [0.25, 0.3) is 0 Å². The standard InChI is InChI=1S/C13H22N2O3/c1-14-13(12(16)17)5-4-9(6-13)15-7-10-2-3-11(8-15)18-10/h9-11,14H,2-8H2,1H3,(H,16,17).